The normalized spacial score (nSPS) is 14.9. The predicted molar refractivity (Wildman–Crippen MR) is 70.8 cm³/mol. The van der Waals surface area contributed by atoms with Crippen LogP contribution in [0.1, 0.15) is 25.8 Å². The molecular weight excluding hydrogens is 273 g/mol. The van der Waals surface area contributed by atoms with Crippen LogP contribution in [0.3, 0.4) is 0 Å². The number of nitrogens with one attached hydrogen (secondary N) is 1. The molecule has 0 aromatic heterocycles. The Balaban J connectivity index is 2.40. The smallest absolute Gasteiger partial charge is 0.0450 e. The molecule has 1 aromatic carbocycles. The van der Waals surface area contributed by atoms with Gasteiger partial charge in [-0.2, -0.15) is 0 Å². The van der Waals surface area contributed by atoms with E-state index in [0.717, 1.165) is 23.6 Å². The lowest BCUT2D eigenvalue weighted by atomic mass is 10.1. The van der Waals surface area contributed by atoms with Crippen molar-refractivity contribution in [3.05, 3.63) is 34.9 Å². The van der Waals surface area contributed by atoms with Crippen LogP contribution in [0.5, 0.6) is 0 Å². The summed E-state index contributed by atoms with van der Waals surface area (Å²) in [5, 5.41) is 4.29. The van der Waals surface area contributed by atoms with Crippen molar-refractivity contribution >= 4 is 27.5 Å². The fourth-order valence-corrected chi connectivity index (χ4v) is 2.26. The Morgan fingerprint density at radius 1 is 1.33 bits per heavy atom. The third kappa shape index (κ3) is 5.01. The van der Waals surface area contributed by atoms with Crippen LogP contribution in [-0.2, 0) is 6.54 Å². The summed E-state index contributed by atoms with van der Waals surface area (Å²) in [7, 11) is 0. The molecule has 0 fully saturated rings. The lowest BCUT2D eigenvalue weighted by molar-refractivity contribution is 0.516. The van der Waals surface area contributed by atoms with E-state index in [4.69, 9.17) is 11.6 Å². The van der Waals surface area contributed by atoms with Gasteiger partial charge in [0.05, 0.1) is 0 Å². The van der Waals surface area contributed by atoms with Gasteiger partial charge in [0.25, 0.3) is 0 Å². The van der Waals surface area contributed by atoms with Crippen LogP contribution in [0, 0.1) is 0 Å². The molecule has 15 heavy (non-hydrogen) atoms. The zero-order valence-corrected chi connectivity index (χ0v) is 11.5. The summed E-state index contributed by atoms with van der Waals surface area (Å²) in [4.78, 5) is 0.547. The van der Waals surface area contributed by atoms with Gasteiger partial charge in [0.2, 0.25) is 0 Å². The minimum absolute atomic E-state index is 0.496. The van der Waals surface area contributed by atoms with Gasteiger partial charge < -0.3 is 5.32 Å². The first-order valence-electron chi connectivity index (χ1n) is 5.20. The number of benzene rings is 1. The van der Waals surface area contributed by atoms with E-state index in [1.807, 2.05) is 18.2 Å². The van der Waals surface area contributed by atoms with Crippen LogP contribution in [-0.4, -0.2) is 10.9 Å². The lowest BCUT2D eigenvalue weighted by Crippen LogP contribution is -2.27. The molecule has 0 aliphatic heterocycles. The predicted octanol–water partition coefficient (Wildman–Crippen LogP) is 3.99. The molecule has 1 rings (SSSR count). The molecule has 0 saturated heterocycles. The molecule has 84 valence electrons. The molecule has 0 radical (unpaired) electrons. The summed E-state index contributed by atoms with van der Waals surface area (Å²) >= 11 is 9.61. The molecule has 0 bridgehead atoms. The van der Waals surface area contributed by atoms with Gasteiger partial charge in [-0.1, -0.05) is 52.7 Å². The van der Waals surface area contributed by atoms with E-state index >= 15 is 0 Å². The minimum atomic E-state index is 0.496. The van der Waals surface area contributed by atoms with Gasteiger partial charge >= 0.3 is 0 Å². The first-order valence-corrected chi connectivity index (χ1v) is 6.50. The highest BCUT2D eigenvalue weighted by Crippen LogP contribution is 2.15. The van der Waals surface area contributed by atoms with Crippen LogP contribution >= 0.6 is 27.5 Å². The average Bonchev–Trinajstić information content (AvgIpc) is 2.15. The summed E-state index contributed by atoms with van der Waals surface area (Å²) in [5.41, 5.74) is 1.16. The maximum absolute atomic E-state index is 6.06. The maximum atomic E-state index is 6.06. The van der Waals surface area contributed by atoms with E-state index < -0.39 is 0 Å². The van der Waals surface area contributed by atoms with Gasteiger partial charge in [-0.15, -0.1) is 0 Å². The Morgan fingerprint density at radius 2 is 2.00 bits per heavy atom. The maximum Gasteiger partial charge on any atom is 0.0450 e. The highest BCUT2D eigenvalue weighted by molar-refractivity contribution is 9.09. The number of halogens is 2. The monoisotopic (exact) mass is 289 g/mol. The lowest BCUT2D eigenvalue weighted by Gasteiger charge is -2.15. The van der Waals surface area contributed by atoms with E-state index in [9.17, 15) is 0 Å². The first-order chi connectivity index (χ1) is 7.09. The third-order valence-electron chi connectivity index (χ3n) is 2.28. The van der Waals surface area contributed by atoms with Crippen molar-refractivity contribution in [2.45, 2.75) is 37.7 Å². The van der Waals surface area contributed by atoms with Crippen molar-refractivity contribution in [3.8, 4) is 0 Å². The number of rotatable bonds is 5. The van der Waals surface area contributed by atoms with Gasteiger partial charge in [-0.25, -0.2) is 0 Å². The van der Waals surface area contributed by atoms with E-state index in [1.54, 1.807) is 0 Å². The quantitative estimate of drug-likeness (QED) is 0.809. The van der Waals surface area contributed by atoms with Gasteiger partial charge in [0.1, 0.15) is 0 Å². The molecule has 1 nitrogen and oxygen atoms in total. The van der Waals surface area contributed by atoms with Crippen LogP contribution in [0.4, 0.5) is 0 Å². The second-order valence-corrected chi connectivity index (χ2v) is 5.86. The SMILES string of the molecule is CC(Br)CC(C)NCc1ccccc1Cl. The zero-order chi connectivity index (χ0) is 11.3. The Labute approximate surface area is 105 Å². The molecule has 2 atom stereocenters. The number of alkyl halides is 1. The molecule has 1 N–H and O–H groups in total. The summed E-state index contributed by atoms with van der Waals surface area (Å²) in [6.07, 6.45) is 1.12. The summed E-state index contributed by atoms with van der Waals surface area (Å²) < 4.78 is 0. The van der Waals surface area contributed by atoms with Crippen molar-refractivity contribution in [1.82, 2.24) is 5.32 Å². The van der Waals surface area contributed by atoms with Crippen molar-refractivity contribution < 1.29 is 0 Å². The summed E-state index contributed by atoms with van der Waals surface area (Å²) in [6.45, 7) is 5.18. The second kappa shape index (κ2) is 6.51. The molecule has 2 unspecified atom stereocenters. The highest BCUT2D eigenvalue weighted by atomic mass is 79.9. The summed E-state index contributed by atoms with van der Waals surface area (Å²) in [6, 6.07) is 8.45. The van der Waals surface area contributed by atoms with Crippen molar-refractivity contribution in [1.29, 1.82) is 0 Å². The number of hydrogen-bond acceptors (Lipinski definition) is 1. The zero-order valence-electron chi connectivity index (χ0n) is 9.13. The molecule has 0 spiro atoms. The van der Waals surface area contributed by atoms with Crippen LogP contribution in [0.15, 0.2) is 24.3 Å². The van der Waals surface area contributed by atoms with Gasteiger partial charge in [-0.3, -0.25) is 0 Å². The number of hydrogen-bond donors (Lipinski definition) is 1. The van der Waals surface area contributed by atoms with Gasteiger partial charge in [0, 0.05) is 22.4 Å². The van der Waals surface area contributed by atoms with Gasteiger partial charge in [0.15, 0.2) is 0 Å². The molecule has 0 saturated carbocycles. The molecule has 1 aromatic rings. The molecular formula is C12H17BrClN. The minimum Gasteiger partial charge on any atom is -0.310 e. The molecule has 0 aliphatic carbocycles. The van der Waals surface area contributed by atoms with Crippen molar-refractivity contribution in [2.24, 2.45) is 0 Å². The third-order valence-corrected chi connectivity index (χ3v) is 3.02. The second-order valence-electron chi connectivity index (χ2n) is 3.89. The topological polar surface area (TPSA) is 12.0 Å². The largest absolute Gasteiger partial charge is 0.310 e. The molecule has 3 heteroatoms. The Kier molecular flexibility index (Phi) is 5.65. The van der Waals surface area contributed by atoms with Crippen LogP contribution in [0.2, 0.25) is 5.02 Å². The van der Waals surface area contributed by atoms with E-state index in [0.29, 0.717) is 10.9 Å². The fraction of sp³-hybridized carbons (Fsp3) is 0.500. The highest BCUT2D eigenvalue weighted by Gasteiger charge is 2.06. The standard InChI is InChI=1S/C12H17BrClN/c1-9(13)7-10(2)15-8-11-5-3-4-6-12(11)14/h3-6,9-10,15H,7-8H2,1-2H3. The van der Waals surface area contributed by atoms with Crippen LogP contribution < -0.4 is 5.32 Å². The fourth-order valence-electron chi connectivity index (χ4n) is 1.50. The Bertz CT molecular complexity index is 301. The Hall–Kier alpha value is -0.0500. The van der Waals surface area contributed by atoms with Crippen molar-refractivity contribution in [3.63, 3.8) is 0 Å². The molecule has 0 heterocycles. The van der Waals surface area contributed by atoms with E-state index in [2.05, 4.69) is 41.2 Å². The van der Waals surface area contributed by atoms with E-state index in [-0.39, 0.29) is 0 Å². The van der Waals surface area contributed by atoms with Crippen LogP contribution in [0.25, 0.3) is 0 Å². The van der Waals surface area contributed by atoms with Gasteiger partial charge in [-0.05, 0) is 25.0 Å². The molecule has 0 aliphatic rings. The summed E-state index contributed by atoms with van der Waals surface area (Å²) in [5.74, 6) is 0. The van der Waals surface area contributed by atoms with E-state index in [1.165, 1.54) is 0 Å². The Morgan fingerprint density at radius 3 is 2.60 bits per heavy atom. The molecule has 0 amide bonds. The average molecular weight is 291 g/mol. The first kappa shape index (κ1) is 13.0. The van der Waals surface area contributed by atoms with Crippen molar-refractivity contribution in [2.75, 3.05) is 0 Å².